The molecule has 126 valence electrons. The fourth-order valence-corrected chi connectivity index (χ4v) is 3.08. The maximum atomic E-state index is 12.3. The molecule has 0 bridgehead atoms. The average Bonchev–Trinajstić information content (AvgIpc) is 2.93. The molecule has 6 nitrogen and oxygen atoms in total. The molecule has 1 saturated heterocycles. The standard InChI is InChI=1S/C17H24N2O4/c1-12-5-4-6-13(2)14(12)9-18-16(22)19-8-7-17(10-19,11-23-3)15(20)21/h4-6H,7-11H2,1-3H3,(H,18,22)(H,20,21). The number of aryl methyl sites for hydroxylation is 2. The second kappa shape index (κ2) is 7.00. The lowest BCUT2D eigenvalue weighted by Gasteiger charge is -2.24. The Morgan fingerprint density at radius 2 is 2.00 bits per heavy atom. The number of likely N-dealkylation sites (tertiary alicyclic amines) is 1. The first-order valence-corrected chi connectivity index (χ1v) is 7.70. The van der Waals surface area contributed by atoms with Gasteiger partial charge in [0.1, 0.15) is 5.41 Å². The number of benzene rings is 1. The van der Waals surface area contributed by atoms with E-state index in [0.717, 1.165) is 16.7 Å². The van der Waals surface area contributed by atoms with Crippen molar-refractivity contribution in [3.63, 3.8) is 0 Å². The summed E-state index contributed by atoms with van der Waals surface area (Å²) in [4.78, 5) is 25.4. The summed E-state index contributed by atoms with van der Waals surface area (Å²) in [7, 11) is 1.48. The molecule has 0 aromatic heterocycles. The fourth-order valence-electron chi connectivity index (χ4n) is 3.08. The third-order valence-corrected chi connectivity index (χ3v) is 4.58. The van der Waals surface area contributed by atoms with E-state index in [1.165, 1.54) is 7.11 Å². The molecule has 0 spiro atoms. The highest BCUT2D eigenvalue weighted by atomic mass is 16.5. The largest absolute Gasteiger partial charge is 0.481 e. The molecule has 2 N–H and O–H groups in total. The number of rotatable bonds is 5. The molecule has 1 aromatic carbocycles. The van der Waals surface area contributed by atoms with Crippen LogP contribution in [0, 0.1) is 19.3 Å². The smallest absolute Gasteiger partial charge is 0.317 e. The lowest BCUT2D eigenvalue weighted by atomic mass is 9.88. The van der Waals surface area contributed by atoms with Crippen molar-refractivity contribution in [2.75, 3.05) is 26.8 Å². The van der Waals surface area contributed by atoms with Crippen LogP contribution in [0.1, 0.15) is 23.1 Å². The molecule has 6 heteroatoms. The van der Waals surface area contributed by atoms with Gasteiger partial charge in [-0.05, 0) is 37.0 Å². The number of methoxy groups -OCH3 is 1. The van der Waals surface area contributed by atoms with Crippen LogP contribution in [0.5, 0.6) is 0 Å². The van der Waals surface area contributed by atoms with Crippen LogP contribution in [0.3, 0.4) is 0 Å². The van der Waals surface area contributed by atoms with Crippen molar-refractivity contribution in [2.45, 2.75) is 26.8 Å². The maximum absolute atomic E-state index is 12.3. The number of urea groups is 1. The van der Waals surface area contributed by atoms with Crippen LogP contribution < -0.4 is 5.32 Å². The first-order chi connectivity index (χ1) is 10.9. The van der Waals surface area contributed by atoms with E-state index in [1.807, 2.05) is 32.0 Å². The summed E-state index contributed by atoms with van der Waals surface area (Å²) in [5.41, 5.74) is 2.36. The average molecular weight is 320 g/mol. The number of carboxylic acids is 1. The number of amides is 2. The van der Waals surface area contributed by atoms with Crippen molar-refractivity contribution in [2.24, 2.45) is 5.41 Å². The summed E-state index contributed by atoms with van der Waals surface area (Å²) in [6, 6.07) is 5.78. The summed E-state index contributed by atoms with van der Waals surface area (Å²) >= 11 is 0. The van der Waals surface area contributed by atoms with Gasteiger partial charge in [0.15, 0.2) is 0 Å². The zero-order valence-electron chi connectivity index (χ0n) is 13.9. The molecular weight excluding hydrogens is 296 g/mol. The van der Waals surface area contributed by atoms with Gasteiger partial charge in [0.2, 0.25) is 0 Å². The van der Waals surface area contributed by atoms with E-state index in [9.17, 15) is 14.7 Å². The minimum Gasteiger partial charge on any atom is -0.481 e. The molecule has 1 heterocycles. The van der Waals surface area contributed by atoms with Crippen LogP contribution >= 0.6 is 0 Å². The lowest BCUT2D eigenvalue weighted by molar-refractivity contribution is -0.151. The van der Waals surface area contributed by atoms with Gasteiger partial charge in [-0.3, -0.25) is 4.79 Å². The van der Waals surface area contributed by atoms with Crippen LogP contribution in [0.15, 0.2) is 18.2 Å². The molecule has 1 aliphatic heterocycles. The first-order valence-electron chi connectivity index (χ1n) is 7.70. The fraction of sp³-hybridized carbons (Fsp3) is 0.529. The second-order valence-corrected chi connectivity index (χ2v) is 6.22. The van der Waals surface area contributed by atoms with Crippen LogP contribution in [-0.2, 0) is 16.1 Å². The van der Waals surface area contributed by atoms with Gasteiger partial charge in [0, 0.05) is 26.7 Å². The van der Waals surface area contributed by atoms with Gasteiger partial charge in [-0.2, -0.15) is 0 Å². The predicted molar refractivity (Wildman–Crippen MR) is 86.3 cm³/mol. The van der Waals surface area contributed by atoms with E-state index in [0.29, 0.717) is 19.5 Å². The molecule has 2 rings (SSSR count). The highest BCUT2D eigenvalue weighted by Gasteiger charge is 2.46. The van der Waals surface area contributed by atoms with Gasteiger partial charge in [-0.1, -0.05) is 18.2 Å². The Hall–Kier alpha value is -2.08. The first kappa shape index (κ1) is 17.3. The molecule has 23 heavy (non-hydrogen) atoms. The Balaban J connectivity index is 1.99. The number of nitrogens with one attached hydrogen (secondary N) is 1. The van der Waals surface area contributed by atoms with E-state index >= 15 is 0 Å². The van der Waals surface area contributed by atoms with Crippen molar-refractivity contribution in [3.05, 3.63) is 34.9 Å². The number of carboxylic acid groups (broad SMARTS) is 1. The topological polar surface area (TPSA) is 78.9 Å². The minimum absolute atomic E-state index is 0.114. The van der Waals surface area contributed by atoms with Crippen molar-refractivity contribution in [1.29, 1.82) is 0 Å². The number of carbonyl (C=O) groups excluding carboxylic acids is 1. The second-order valence-electron chi connectivity index (χ2n) is 6.22. The predicted octanol–water partition coefficient (Wildman–Crippen LogP) is 1.94. The molecule has 0 radical (unpaired) electrons. The number of hydrogen-bond acceptors (Lipinski definition) is 3. The zero-order chi connectivity index (χ0) is 17.0. The molecule has 1 aromatic rings. The Bertz CT molecular complexity index is 582. The normalized spacial score (nSPS) is 20.6. The number of ether oxygens (including phenoxy) is 1. The number of hydrogen-bond donors (Lipinski definition) is 2. The van der Waals surface area contributed by atoms with Crippen LogP contribution in [0.4, 0.5) is 4.79 Å². The number of aliphatic carboxylic acids is 1. The summed E-state index contributed by atoms with van der Waals surface area (Å²) in [5.74, 6) is -0.913. The highest BCUT2D eigenvalue weighted by molar-refractivity contribution is 5.80. The number of nitrogens with zero attached hydrogens (tertiary/aromatic N) is 1. The Morgan fingerprint density at radius 3 is 2.57 bits per heavy atom. The van der Waals surface area contributed by atoms with Gasteiger partial charge >= 0.3 is 12.0 Å². The van der Waals surface area contributed by atoms with Crippen molar-refractivity contribution in [3.8, 4) is 0 Å². The van der Waals surface area contributed by atoms with E-state index < -0.39 is 11.4 Å². The Morgan fingerprint density at radius 1 is 1.35 bits per heavy atom. The van der Waals surface area contributed by atoms with Crippen LogP contribution in [0.25, 0.3) is 0 Å². The number of carbonyl (C=O) groups is 2. The minimum atomic E-state index is -0.995. The van der Waals surface area contributed by atoms with Crippen LogP contribution in [0.2, 0.25) is 0 Å². The van der Waals surface area contributed by atoms with E-state index in [4.69, 9.17) is 4.74 Å². The van der Waals surface area contributed by atoms with Gasteiger partial charge in [0.05, 0.1) is 6.61 Å². The quantitative estimate of drug-likeness (QED) is 0.869. The molecule has 0 aliphatic carbocycles. The van der Waals surface area contributed by atoms with Crippen molar-refractivity contribution >= 4 is 12.0 Å². The summed E-state index contributed by atoms with van der Waals surface area (Å²) in [6.45, 7) is 5.18. The molecule has 1 aliphatic rings. The molecule has 1 unspecified atom stereocenters. The maximum Gasteiger partial charge on any atom is 0.317 e. The third kappa shape index (κ3) is 3.64. The molecule has 1 atom stereocenters. The van der Waals surface area contributed by atoms with E-state index in [-0.39, 0.29) is 19.2 Å². The highest BCUT2D eigenvalue weighted by Crippen LogP contribution is 2.31. The van der Waals surface area contributed by atoms with Crippen molar-refractivity contribution in [1.82, 2.24) is 10.2 Å². The monoisotopic (exact) mass is 320 g/mol. The summed E-state index contributed by atoms with van der Waals surface area (Å²) in [6.07, 6.45) is 0.410. The molecule has 1 fully saturated rings. The summed E-state index contributed by atoms with van der Waals surface area (Å²) < 4.78 is 5.04. The zero-order valence-corrected chi connectivity index (χ0v) is 13.9. The van der Waals surface area contributed by atoms with E-state index in [2.05, 4.69) is 5.32 Å². The van der Waals surface area contributed by atoms with Gasteiger partial charge in [-0.25, -0.2) is 4.79 Å². The molecule has 2 amide bonds. The van der Waals surface area contributed by atoms with Crippen molar-refractivity contribution < 1.29 is 19.4 Å². The molecule has 0 saturated carbocycles. The Kier molecular flexibility index (Phi) is 5.26. The van der Waals surface area contributed by atoms with Crippen LogP contribution in [-0.4, -0.2) is 48.8 Å². The SMILES string of the molecule is COCC1(C(=O)O)CCN(C(=O)NCc2c(C)cccc2C)C1. The van der Waals surface area contributed by atoms with Gasteiger partial charge in [0.25, 0.3) is 0 Å². The van der Waals surface area contributed by atoms with Gasteiger partial charge in [-0.15, -0.1) is 0 Å². The summed E-state index contributed by atoms with van der Waals surface area (Å²) in [5, 5.41) is 12.3. The Labute approximate surface area is 136 Å². The van der Waals surface area contributed by atoms with Gasteiger partial charge < -0.3 is 20.1 Å². The lowest BCUT2D eigenvalue weighted by Crippen LogP contribution is -2.43. The third-order valence-electron chi connectivity index (χ3n) is 4.58. The van der Waals surface area contributed by atoms with E-state index in [1.54, 1.807) is 4.90 Å². The molecular formula is C17H24N2O4.